The van der Waals surface area contributed by atoms with Gasteiger partial charge in [-0.05, 0) is 49.2 Å². The zero-order chi connectivity index (χ0) is 20.8. The van der Waals surface area contributed by atoms with Crippen molar-refractivity contribution in [3.63, 3.8) is 0 Å². The second kappa shape index (κ2) is 9.65. The average Bonchev–Trinajstić information content (AvgIpc) is 3.23. The first kappa shape index (κ1) is 20.3. The van der Waals surface area contributed by atoms with Gasteiger partial charge in [0.15, 0.2) is 0 Å². The molecule has 0 unspecified atom stereocenters. The summed E-state index contributed by atoms with van der Waals surface area (Å²) < 4.78 is 10.6. The fraction of sp³-hybridized carbons (Fsp3) is 0.348. The Morgan fingerprint density at radius 3 is 2.77 bits per heavy atom. The molecule has 0 amide bonds. The van der Waals surface area contributed by atoms with Gasteiger partial charge in [0.05, 0.1) is 24.0 Å². The number of H-pyrrole nitrogens is 1. The van der Waals surface area contributed by atoms with Crippen molar-refractivity contribution in [1.82, 2.24) is 19.9 Å². The number of likely N-dealkylation sites (tertiary alicyclic amines) is 1. The summed E-state index contributed by atoms with van der Waals surface area (Å²) in [5.41, 5.74) is 2.37. The highest BCUT2D eigenvalue weighted by Crippen LogP contribution is 2.31. The quantitative estimate of drug-likeness (QED) is 0.579. The molecule has 1 aliphatic rings. The van der Waals surface area contributed by atoms with Crippen molar-refractivity contribution >= 4 is 0 Å². The summed E-state index contributed by atoms with van der Waals surface area (Å²) >= 11 is 0. The zero-order valence-electron chi connectivity index (χ0n) is 17.1. The van der Waals surface area contributed by atoms with E-state index >= 15 is 0 Å². The van der Waals surface area contributed by atoms with Crippen molar-refractivity contribution in [2.45, 2.75) is 25.4 Å². The molecule has 2 aromatic heterocycles. The second-order valence-electron chi connectivity index (χ2n) is 7.34. The maximum atomic E-state index is 12.3. The van der Waals surface area contributed by atoms with Crippen LogP contribution in [0.5, 0.6) is 5.75 Å². The molecule has 1 saturated heterocycles. The highest BCUT2D eigenvalue weighted by molar-refractivity contribution is 5.52. The molecule has 4 rings (SSSR count). The first-order chi connectivity index (χ1) is 14.7. The molecule has 1 atom stereocenters. The molecule has 0 bridgehead atoms. The third-order valence-electron chi connectivity index (χ3n) is 5.23. The number of nitrogens with one attached hydrogen (secondary N) is 1. The number of benzene rings is 1. The predicted molar refractivity (Wildman–Crippen MR) is 114 cm³/mol. The fourth-order valence-corrected chi connectivity index (χ4v) is 3.77. The van der Waals surface area contributed by atoms with Crippen molar-refractivity contribution in [3.05, 3.63) is 76.5 Å². The molecule has 1 aliphatic heterocycles. The minimum atomic E-state index is -0.148. The molecule has 156 valence electrons. The Balaban J connectivity index is 1.49. The third kappa shape index (κ3) is 4.93. The molecule has 1 fully saturated rings. The van der Waals surface area contributed by atoms with Gasteiger partial charge in [0.25, 0.3) is 5.56 Å². The summed E-state index contributed by atoms with van der Waals surface area (Å²) in [7, 11) is 1.66. The maximum Gasteiger partial charge on any atom is 0.251 e. The van der Waals surface area contributed by atoms with Crippen molar-refractivity contribution in [2.24, 2.45) is 0 Å². The number of hydrogen-bond acceptors (Lipinski definition) is 6. The van der Waals surface area contributed by atoms with Crippen LogP contribution < -0.4 is 10.3 Å². The Hall–Kier alpha value is -3.03. The number of methoxy groups -OCH3 is 1. The fourth-order valence-electron chi connectivity index (χ4n) is 3.77. The highest BCUT2D eigenvalue weighted by atomic mass is 16.5. The van der Waals surface area contributed by atoms with Crippen LogP contribution in [-0.4, -0.2) is 46.7 Å². The monoisotopic (exact) mass is 406 g/mol. The van der Waals surface area contributed by atoms with E-state index in [2.05, 4.69) is 27.0 Å². The first-order valence-corrected chi connectivity index (χ1v) is 10.2. The van der Waals surface area contributed by atoms with E-state index in [9.17, 15) is 4.79 Å². The van der Waals surface area contributed by atoms with Crippen LogP contribution in [0.1, 0.15) is 30.3 Å². The van der Waals surface area contributed by atoms with Crippen LogP contribution >= 0.6 is 0 Å². The summed E-state index contributed by atoms with van der Waals surface area (Å²) in [5.74, 6) is 1.54. The third-order valence-corrected chi connectivity index (χ3v) is 5.23. The van der Waals surface area contributed by atoms with Crippen molar-refractivity contribution in [3.8, 4) is 17.1 Å². The van der Waals surface area contributed by atoms with E-state index < -0.39 is 0 Å². The minimum Gasteiger partial charge on any atom is -0.491 e. The number of aromatic nitrogens is 3. The Morgan fingerprint density at radius 2 is 2.00 bits per heavy atom. The molecular weight excluding hydrogens is 380 g/mol. The first-order valence-electron chi connectivity index (χ1n) is 10.2. The molecular formula is C23H26N4O3. The molecule has 3 heterocycles. The van der Waals surface area contributed by atoms with E-state index in [-0.39, 0.29) is 11.6 Å². The van der Waals surface area contributed by atoms with Crippen molar-refractivity contribution < 1.29 is 9.47 Å². The second-order valence-corrected chi connectivity index (χ2v) is 7.34. The number of aromatic amines is 1. The molecule has 3 aromatic rings. The molecule has 7 heteroatoms. The summed E-state index contributed by atoms with van der Waals surface area (Å²) in [5, 5.41) is 0. The smallest absolute Gasteiger partial charge is 0.251 e. The minimum absolute atomic E-state index is 0.0824. The predicted octanol–water partition coefficient (Wildman–Crippen LogP) is 3.19. The average molecular weight is 406 g/mol. The Bertz CT molecular complexity index is 1000. The van der Waals surface area contributed by atoms with Gasteiger partial charge in [0.2, 0.25) is 0 Å². The zero-order valence-corrected chi connectivity index (χ0v) is 17.1. The summed E-state index contributed by atoms with van der Waals surface area (Å²) in [6, 6.07) is 15.3. The van der Waals surface area contributed by atoms with Gasteiger partial charge >= 0.3 is 0 Å². The van der Waals surface area contributed by atoms with E-state index in [4.69, 9.17) is 14.5 Å². The van der Waals surface area contributed by atoms with Gasteiger partial charge in [-0.1, -0.05) is 18.2 Å². The summed E-state index contributed by atoms with van der Waals surface area (Å²) in [6.07, 6.45) is 3.75. The van der Waals surface area contributed by atoms with Crippen molar-refractivity contribution in [1.29, 1.82) is 0 Å². The van der Waals surface area contributed by atoms with Gasteiger partial charge in [0, 0.05) is 25.9 Å². The molecule has 1 N–H and O–H groups in total. The van der Waals surface area contributed by atoms with E-state index in [1.165, 1.54) is 11.6 Å². The summed E-state index contributed by atoms with van der Waals surface area (Å²) in [6.45, 7) is 2.87. The maximum absolute atomic E-state index is 12.3. The van der Waals surface area contributed by atoms with Crippen LogP contribution in [0, 0.1) is 0 Å². The van der Waals surface area contributed by atoms with E-state index in [1.54, 1.807) is 13.3 Å². The van der Waals surface area contributed by atoms with Gasteiger partial charge < -0.3 is 14.5 Å². The van der Waals surface area contributed by atoms with E-state index in [0.29, 0.717) is 30.4 Å². The molecule has 30 heavy (non-hydrogen) atoms. The number of hydrogen-bond donors (Lipinski definition) is 1. The van der Waals surface area contributed by atoms with Gasteiger partial charge in [-0.3, -0.25) is 14.7 Å². The number of ether oxygens (including phenoxy) is 2. The van der Waals surface area contributed by atoms with Gasteiger partial charge in [0.1, 0.15) is 18.2 Å². The van der Waals surface area contributed by atoms with Crippen LogP contribution in [0.2, 0.25) is 0 Å². The highest BCUT2D eigenvalue weighted by Gasteiger charge is 2.28. The molecule has 0 aliphatic carbocycles. The number of rotatable bonds is 8. The van der Waals surface area contributed by atoms with Crippen LogP contribution in [0.4, 0.5) is 0 Å². The molecule has 1 aromatic carbocycles. The Kier molecular flexibility index (Phi) is 6.51. The van der Waals surface area contributed by atoms with E-state index in [1.807, 2.05) is 30.3 Å². The van der Waals surface area contributed by atoms with E-state index in [0.717, 1.165) is 31.7 Å². The van der Waals surface area contributed by atoms with Crippen LogP contribution in [0.25, 0.3) is 11.4 Å². The Labute approximate surface area is 175 Å². The number of pyridine rings is 1. The normalized spacial score (nSPS) is 16.6. The molecule has 7 nitrogen and oxygen atoms in total. The number of nitrogens with zero attached hydrogens (tertiary/aromatic N) is 3. The summed E-state index contributed by atoms with van der Waals surface area (Å²) in [4.78, 5) is 26.7. The SMILES string of the molecule is COCCOc1ccc(CN2CCC[C@@H]2c2nc(-c3ccccn3)cc(=O)[nH]2)cc1. The Morgan fingerprint density at radius 1 is 1.13 bits per heavy atom. The van der Waals surface area contributed by atoms with Crippen LogP contribution in [-0.2, 0) is 11.3 Å². The lowest BCUT2D eigenvalue weighted by molar-refractivity contribution is 0.146. The lowest BCUT2D eigenvalue weighted by Crippen LogP contribution is -2.26. The van der Waals surface area contributed by atoms with Crippen LogP contribution in [0.3, 0.4) is 0 Å². The van der Waals surface area contributed by atoms with Gasteiger partial charge in [-0.2, -0.15) is 0 Å². The standard InChI is InChI=1S/C23H26N4O3/c1-29-13-14-30-18-9-7-17(8-10-18)16-27-12-4-6-21(27)23-25-20(15-22(28)26-23)19-5-2-3-11-24-19/h2-3,5,7-11,15,21H,4,6,12-14,16H2,1H3,(H,25,26,28)/t21-/m1/s1. The molecule has 0 saturated carbocycles. The lowest BCUT2D eigenvalue weighted by Gasteiger charge is -2.24. The van der Waals surface area contributed by atoms with Gasteiger partial charge in [-0.15, -0.1) is 0 Å². The molecule has 0 spiro atoms. The topological polar surface area (TPSA) is 80.3 Å². The molecule has 0 radical (unpaired) electrons. The van der Waals surface area contributed by atoms with Crippen molar-refractivity contribution in [2.75, 3.05) is 26.9 Å². The largest absolute Gasteiger partial charge is 0.491 e. The lowest BCUT2D eigenvalue weighted by atomic mass is 10.1. The van der Waals surface area contributed by atoms with Gasteiger partial charge in [-0.25, -0.2) is 4.98 Å². The van der Waals surface area contributed by atoms with Crippen LogP contribution in [0.15, 0.2) is 59.5 Å².